The Bertz CT molecular complexity index is 296. The second-order valence-corrected chi connectivity index (χ2v) is 3.96. The van der Waals surface area contributed by atoms with E-state index in [0.717, 1.165) is 11.6 Å². The van der Waals surface area contributed by atoms with Crippen LogP contribution in [0.1, 0.15) is 14.7 Å². The molecule has 1 rings (SSSR count). The molecule has 0 atom stereocenters. The average molecular weight is 200 g/mol. The van der Waals surface area contributed by atoms with Gasteiger partial charge < -0.3 is 9.64 Å². The number of thiazole rings is 1. The number of esters is 1. The van der Waals surface area contributed by atoms with Gasteiger partial charge in [0.25, 0.3) is 0 Å². The topological polar surface area (TPSA) is 42.4 Å². The van der Waals surface area contributed by atoms with Gasteiger partial charge in [-0.15, -0.1) is 11.3 Å². The smallest absolute Gasteiger partial charge is 0.349 e. The van der Waals surface area contributed by atoms with Crippen LogP contribution in [0.2, 0.25) is 0 Å². The Kier molecular flexibility index (Phi) is 3.39. The SMILES string of the molecule is COC(=O)c1cnc(CN(C)C)s1. The molecular formula is C8H12N2O2S. The van der Waals surface area contributed by atoms with Crippen molar-refractivity contribution in [2.24, 2.45) is 0 Å². The van der Waals surface area contributed by atoms with Crippen LogP contribution in [-0.4, -0.2) is 37.1 Å². The van der Waals surface area contributed by atoms with E-state index >= 15 is 0 Å². The van der Waals surface area contributed by atoms with Gasteiger partial charge in [-0.25, -0.2) is 9.78 Å². The minimum atomic E-state index is -0.317. The average Bonchev–Trinajstić information content (AvgIpc) is 2.50. The van der Waals surface area contributed by atoms with E-state index in [1.54, 1.807) is 6.20 Å². The molecule has 1 aromatic rings. The van der Waals surface area contributed by atoms with Crippen molar-refractivity contribution in [3.8, 4) is 0 Å². The summed E-state index contributed by atoms with van der Waals surface area (Å²) in [6.45, 7) is 0.752. The molecule has 0 saturated heterocycles. The number of hydrogen-bond donors (Lipinski definition) is 0. The Balaban J connectivity index is 2.69. The highest BCUT2D eigenvalue weighted by atomic mass is 32.1. The Labute approximate surface area is 81.2 Å². The first-order chi connectivity index (χ1) is 6.13. The van der Waals surface area contributed by atoms with E-state index in [9.17, 15) is 4.79 Å². The molecule has 0 fully saturated rings. The molecule has 1 aromatic heterocycles. The van der Waals surface area contributed by atoms with Gasteiger partial charge in [-0.2, -0.15) is 0 Å². The first-order valence-electron chi connectivity index (χ1n) is 3.81. The lowest BCUT2D eigenvalue weighted by molar-refractivity contribution is 0.0606. The molecule has 1 heterocycles. The zero-order valence-corrected chi connectivity index (χ0v) is 8.72. The second-order valence-electron chi connectivity index (χ2n) is 2.85. The standard InChI is InChI=1S/C8H12N2O2S/c1-10(2)5-7-9-4-6(13-7)8(11)12-3/h4H,5H2,1-3H3. The third-order valence-electron chi connectivity index (χ3n) is 1.39. The van der Waals surface area contributed by atoms with E-state index < -0.39 is 0 Å². The minimum absolute atomic E-state index is 0.317. The van der Waals surface area contributed by atoms with Crippen molar-refractivity contribution in [3.05, 3.63) is 16.1 Å². The maximum atomic E-state index is 11.0. The van der Waals surface area contributed by atoms with Crippen LogP contribution in [0.15, 0.2) is 6.20 Å². The fourth-order valence-electron chi connectivity index (χ4n) is 0.849. The number of carbonyl (C=O) groups excluding carboxylic acids is 1. The molecule has 72 valence electrons. The molecule has 0 radical (unpaired) electrons. The van der Waals surface area contributed by atoms with Crippen LogP contribution in [0.4, 0.5) is 0 Å². The summed E-state index contributed by atoms with van der Waals surface area (Å²) in [5.41, 5.74) is 0. The van der Waals surface area contributed by atoms with Crippen LogP contribution in [0, 0.1) is 0 Å². The quantitative estimate of drug-likeness (QED) is 0.682. The number of carbonyl (C=O) groups is 1. The second kappa shape index (κ2) is 4.34. The van der Waals surface area contributed by atoms with Crippen molar-refractivity contribution in [1.29, 1.82) is 0 Å². The van der Waals surface area contributed by atoms with Gasteiger partial charge in [0.2, 0.25) is 0 Å². The highest BCUT2D eigenvalue weighted by Gasteiger charge is 2.10. The Morgan fingerprint density at radius 2 is 2.38 bits per heavy atom. The van der Waals surface area contributed by atoms with Gasteiger partial charge in [0, 0.05) is 6.54 Å². The predicted molar refractivity (Wildman–Crippen MR) is 50.8 cm³/mol. The molecule has 0 unspecified atom stereocenters. The Hall–Kier alpha value is -0.940. The van der Waals surface area contributed by atoms with E-state index in [1.165, 1.54) is 18.4 Å². The van der Waals surface area contributed by atoms with E-state index in [1.807, 2.05) is 19.0 Å². The fourth-order valence-corrected chi connectivity index (χ4v) is 1.80. The molecule has 0 saturated carbocycles. The summed E-state index contributed by atoms with van der Waals surface area (Å²) in [6.07, 6.45) is 1.55. The summed E-state index contributed by atoms with van der Waals surface area (Å²) in [7, 11) is 5.28. The summed E-state index contributed by atoms with van der Waals surface area (Å²) < 4.78 is 4.57. The Morgan fingerprint density at radius 1 is 1.69 bits per heavy atom. The molecule has 0 aliphatic rings. The van der Waals surface area contributed by atoms with Gasteiger partial charge in [-0.05, 0) is 14.1 Å². The van der Waals surface area contributed by atoms with E-state index in [-0.39, 0.29) is 5.97 Å². The third-order valence-corrected chi connectivity index (χ3v) is 2.35. The lowest BCUT2D eigenvalue weighted by Crippen LogP contribution is -2.09. The molecule has 13 heavy (non-hydrogen) atoms. The number of rotatable bonds is 3. The van der Waals surface area contributed by atoms with Crippen LogP contribution >= 0.6 is 11.3 Å². The monoisotopic (exact) mass is 200 g/mol. The van der Waals surface area contributed by atoms with Crippen LogP contribution in [-0.2, 0) is 11.3 Å². The maximum absolute atomic E-state index is 11.0. The first-order valence-corrected chi connectivity index (χ1v) is 4.63. The summed E-state index contributed by atoms with van der Waals surface area (Å²) in [4.78, 5) is 17.7. The number of hydrogen-bond acceptors (Lipinski definition) is 5. The fraction of sp³-hybridized carbons (Fsp3) is 0.500. The molecule has 5 heteroatoms. The van der Waals surface area contributed by atoms with Gasteiger partial charge in [0.05, 0.1) is 13.3 Å². The maximum Gasteiger partial charge on any atom is 0.349 e. The molecule has 0 aromatic carbocycles. The zero-order chi connectivity index (χ0) is 9.84. The summed E-state index contributed by atoms with van der Waals surface area (Å²) >= 11 is 1.37. The molecule has 0 spiro atoms. The molecule has 0 amide bonds. The van der Waals surface area contributed by atoms with Gasteiger partial charge in [0.15, 0.2) is 0 Å². The number of aromatic nitrogens is 1. The van der Waals surface area contributed by atoms with Crippen molar-refractivity contribution in [2.75, 3.05) is 21.2 Å². The first kappa shape index (κ1) is 10.1. The van der Waals surface area contributed by atoms with Gasteiger partial charge in [-0.1, -0.05) is 0 Å². The molecule has 0 aliphatic carbocycles. The van der Waals surface area contributed by atoms with E-state index in [0.29, 0.717) is 4.88 Å². The molecular weight excluding hydrogens is 188 g/mol. The number of methoxy groups -OCH3 is 1. The highest BCUT2D eigenvalue weighted by molar-refractivity contribution is 7.13. The number of nitrogens with zero attached hydrogens (tertiary/aromatic N) is 2. The lowest BCUT2D eigenvalue weighted by atomic mass is 10.5. The van der Waals surface area contributed by atoms with Crippen molar-refractivity contribution < 1.29 is 9.53 Å². The van der Waals surface area contributed by atoms with Crippen molar-refractivity contribution in [2.45, 2.75) is 6.54 Å². The van der Waals surface area contributed by atoms with Gasteiger partial charge >= 0.3 is 5.97 Å². The highest BCUT2D eigenvalue weighted by Crippen LogP contribution is 2.14. The van der Waals surface area contributed by atoms with Crippen LogP contribution in [0.3, 0.4) is 0 Å². The number of ether oxygens (including phenoxy) is 1. The summed E-state index contributed by atoms with van der Waals surface area (Å²) in [6, 6.07) is 0. The van der Waals surface area contributed by atoms with E-state index in [2.05, 4.69) is 9.72 Å². The Morgan fingerprint density at radius 3 is 2.92 bits per heavy atom. The molecule has 4 nitrogen and oxygen atoms in total. The van der Waals surface area contributed by atoms with Crippen LogP contribution in [0.5, 0.6) is 0 Å². The third kappa shape index (κ3) is 2.78. The van der Waals surface area contributed by atoms with Crippen LogP contribution < -0.4 is 0 Å². The molecule has 0 N–H and O–H groups in total. The van der Waals surface area contributed by atoms with Crippen molar-refractivity contribution >= 4 is 17.3 Å². The lowest BCUT2D eigenvalue weighted by Gasteiger charge is -2.04. The molecule has 0 aliphatic heterocycles. The van der Waals surface area contributed by atoms with E-state index in [4.69, 9.17) is 0 Å². The van der Waals surface area contributed by atoms with Gasteiger partial charge in [0.1, 0.15) is 9.88 Å². The van der Waals surface area contributed by atoms with Gasteiger partial charge in [-0.3, -0.25) is 0 Å². The summed E-state index contributed by atoms with van der Waals surface area (Å²) in [5, 5.41) is 0.922. The normalized spacial score (nSPS) is 10.5. The molecule has 0 bridgehead atoms. The predicted octanol–water partition coefficient (Wildman–Crippen LogP) is 0.991. The minimum Gasteiger partial charge on any atom is -0.465 e. The van der Waals surface area contributed by atoms with Crippen molar-refractivity contribution in [1.82, 2.24) is 9.88 Å². The largest absolute Gasteiger partial charge is 0.465 e. The van der Waals surface area contributed by atoms with Crippen molar-refractivity contribution in [3.63, 3.8) is 0 Å². The zero-order valence-electron chi connectivity index (χ0n) is 7.90. The summed E-state index contributed by atoms with van der Waals surface area (Å²) in [5.74, 6) is -0.317. The van der Waals surface area contributed by atoms with Crippen LogP contribution in [0.25, 0.3) is 0 Å².